The van der Waals surface area contributed by atoms with Gasteiger partial charge in [0.25, 0.3) is 5.91 Å². The molecule has 0 saturated carbocycles. The maximum absolute atomic E-state index is 13.6. The zero-order chi connectivity index (χ0) is 24.1. The van der Waals surface area contributed by atoms with Crippen molar-refractivity contribution in [3.8, 4) is 5.75 Å². The van der Waals surface area contributed by atoms with E-state index in [1.807, 2.05) is 79.7 Å². The highest BCUT2D eigenvalue weighted by Crippen LogP contribution is 2.36. The molecule has 4 rings (SSSR count). The number of carbonyl (C=O) groups excluding carboxylic acids is 1. The zero-order valence-electron chi connectivity index (χ0n) is 19.8. The van der Waals surface area contributed by atoms with E-state index in [-0.39, 0.29) is 5.91 Å². The molecule has 5 heteroatoms. The van der Waals surface area contributed by atoms with E-state index in [2.05, 4.69) is 30.9 Å². The summed E-state index contributed by atoms with van der Waals surface area (Å²) in [5.41, 5.74) is 5.30. The van der Waals surface area contributed by atoms with Crippen molar-refractivity contribution in [1.82, 2.24) is 0 Å². The van der Waals surface area contributed by atoms with Crippen LogP contribution in [0.15, 0.2) is 84.4 Å². The van der Waals surface area contributed by atoms with E-state index < -0.39 is 0 Å². The highest BCUT2D eigenvalue weighted by Gasteiger charge is 2.30. The molecule has 0 saturated heterocycles. The summed E-state index contributed by atoms with van der Waals surface area (Å²) in [7, 11) is 0. The molecule has 1 heterocycles. The van der Waals surface area contributed by atoms with Gasteiger partial charge in [-0.05, 0) is 92.6 Å². The van der Waals surface area contributed by atoms with Gasteiger partial charge in [0.1, 0.15) is 5.75 Å². The molecule has 0 bridgehead atoms. The van der Waals surface area contributed by atoms with Gasteiger partial charge in [0.2, 0.25) is 0 Å². The molecule has 0 spiro atoms. The van der Waals surface area contributed by atoms with Gasteiger partial charge in [-0.25, -0.2) is 0 Å². The fourth-order valence-electron chi connectivity index (χ4n) is 4.11. The van der Waals surface area contributed by atoms with Gasteiger partial charge in [0, 0.05) is 35.1 Å². The summed E-state index contributed by atoms with van der Waals surface area (Å²) in [4.78, 5) is 17.7. The van der Waals surface area contributed by atoms with E-state index in [0.717, 1.165) is 47.0 Å². The Bertz CT molecular complexity index is 1190. The van der Waals surface area contributed by atoms with Gasteiger partial charge in [-0.3, -0.25) is 9.69 Å². The van der Waals surface area contributed by atoms with Crippen LogP contribution in [0.3, 0.4) is 0 Å². The number of ether oxygens (including phenoxy) is 1. The molecule has 0 fully saturated rings. The monoisotopic (exact) mass is 472 g/mol. The van der Waals surface area contributed by atoms with Gasteiger partial charge >= 0.3 is 0 Å². The minimum Gasteiger partial charge on any atom is -0.494 e. The Balaban J connectivity index is 1.72. The number of benzene rings is 3. The Hall–Kier alpha value is -3.50. The van der Waals surface area contributed by atoms with Gasteiger partial charge in [-0.2, -0.15) is 0 Å². The fraction of sp³-hybridized carbons (Fsp3) is 0.207. The van der Waals surface area contributed by atoms with E-state index in [0.29, 0.717) is 17.2 Å². The number of halogens is 1. The van der Waals surface area contributed by atoms with Crippen LogP contribution in [0.5, 0.6) is 5.75 Å². The van der Waals surface area contributed by atoms with Crippen LogP contribution in [0, 0.1) is 0 Å². The van der Waals surface area contributed by atoms with Crippen molar-refractivity contribution < 1.29 is 9.53 Å². The first-order valence-corrected chi connectivity index (χ1v) is 12.0. The second-order valence-electron chi connectivity index (χ2n) is 7.97. The number of hydrogen-bond acceptors (Lipinski definition) is 3. The van der Waals surface area contributed by atoms with Gasteiger partial charge in [0.15, 0.2) is 0 Å². The molecular weight excluding hydrogens is 444 g/mol. The van der Waals surface area contributed by atoms with Gasteiger partial charge < -0.3 is 9.64 Å². The van der Waals surface area contributed by atoms with Crippen molar-refractivity contribution >= 4 is 40.7 Å². The summed E-state index contributed by atoms with van der Waals surface area (Å²) < 4.78 is 5.53. The second kappa shape index (κ2) is 10.6. The number of carbonyl (C=O) groups is 1. The van der Waals surface area contributed by atoms with E-state index in [9.17, 15) is 4.79 Å². The molecule has 0 aromatic heterocycles. The highest BCUT2D eigenvalue weighted by atomic mass is 35.5. The normalized spacial score (nSPS) is 14.5. The standard InChI is InChI=1S/C29H29ClN2O2/c1-4-31(5-2)25-13-15-26(16-14-25)32-28(22-9-11-24(30)12-10-22)20-23(29(32)33)19-21-7-17-27(18-8-21)34-6-3/h7-20H,4-6H2,1-3H3/b23-19+. The fourth-order valence-corrected chi connectivity index (χ4v) is 4.24. The van der Waals surface area contributed by atoms with E-state index in [1.54, 1.807) is 4.90 Å². The first kappa shape index (κ1) is 23.7. The lowest BCUT2D eigenvalue weighted by Crippen LogP contribution is -2.25. The number of anilines is 2. The Morgan fingerprint density at radius 3 is 2.12 bits per heavy atom. The minimum atomic E-state index is -0.0607. The number of rotatable bonds is 8. The largest absolute Gasteiger partial charge is 0.494 e. The maximum Gasteiger partial charge on any atom is 0.262 e. The average Bonchev–Trinajstić information content (AvgIpc) is 3.18. The number of amides is 1. The van der Waals surface area contributed by atoms with Crippen molar-refractivity contribution in [2.24, 2.45) is 0 Å². The van der Waals surface area contributed by atoms with Gasteiger partial charge in [0.05, 0.1) is 12.3 Å². The molecule has 0 atom stereocenters. The van der Waals surface area contributed by atoms with Gasteiger partial charge in [-0.15, -0.1) is 0 Å². The molecule has 1 aliphatic rings. The Morgan fingerprint density at radius 1 is 0.882 bits per heavy atom. The lowest BCUT2D eigenvalue weighted by Gasteiger charge is -2.24. The lowest BCUT2D eigenvalue weighted by molar-refractivity contribution is -0.113. The summed E-state index contributed by atoms with van der Waals surface area (Å²) in [6.45, 7) is 8.72. The highest BCUT2D eigenvalue weighted by molar-refractivity contribution is 6.30. The molecule has 1 aliphatic heterocycles. The van der Waals surface area contributed by atoms with Crippen molar-refractivity contribution in [2.75, 3.05) is 29.5 Å². The van der Waals surface area contributed by atoms with E-state index >= 15 is 0 Å². The van der Waals surface area contributed by atoms with Crippen LogP contribution in [0.25, 0.3) is 11.8 Å². The number of hydrogen-bond donors (Lipinski definition) is 0. The predicted octanol–water partition coefficient (Wildman–Crippen LogP) is 7.06. The Morgan fingerprint density at radius 2 is 1.53 bits per heavy atom. The maximum atomic E-state index is 13.6. The van der Waals surface area contributed by atoms with Crippen LogP contribution >= 0.6 is 11.6 Å². The SMILES string of the molecule is CCOc1ccc(/C=C2\C=C(c3ccc(Cl)cc3)N(c3ccc(N(CC)CC)cc3)C2=O)cc1. The summed E-state index contributed by atoms with van der Waals surface area (Å²) >= 11 is 6.12. The summed E-state index contributed by atoms with van der Waals surface area (Å²) in [5.74, 6) is 0.754. The van der Waals surface area contributed by atoms with Crippen molar-refractivity contribution in [3.05, 3.63) is 101 Å². The van der Waals surface area contributed by atoms with Crippen molar-refractivity contribution in [1.29, 1.82) is 0 Å². The molecule has 0 radical (unpaired) electrons. The summed E-state index contributed by atoms with van der Waals surface area (Å²) in [6, 6.07) is 23.5. The Labute approximate surface area is 206 Å². The molecule has 174 valence electrons. The van der Waals surface area contributed by atoms with Crippen molar-refractivity contribution in [2.45, 2.75) is 20.8 Å². The minimum absolute atomic E-state index is 0.0607. The molecular formula is C29H29ClN2O2. The lowest BCUT2D eigenvalue weighted by atomic mass is 10.1. The quantitative estimate of drug-likeness (QED) is 0.329. The van der Waals surface area contributed by atoms with E-state index in [4.69, 9.17) is 16.3 Å². The molecule has 3 aromatic carbocycles. The predicted molar refractivity (Wildman–Crippen MR) is 143 cm³/mol. The third-order valence-electron chi connectivity index (χ3n) is 5.87. The first-order chi connectivity index (χ1) is 16.5. The van der Waals surface area contributed by atoms with Crippen LogP contribution < -0.4 is 14.5 Å². The van der Waals surface area contributed by atoms with Crippen LogP contribution in [0.2, 0.25) is 5.02 Å². The molecule has 3 aromatic rings. The average molecular weight is 473 g/mol. The van der Waals surface area contributed by atoms with Crippen LogP contribution in [0.1, 0.15) is 31.9 Å². The zero-order valence-corrected chi connectivity index (χ0v) is 20.5. The number of nitrogens with zero attached hydrogens (tertiary/aromatic N) is 2. The molecule has 34 heavy (non-hydrogen) atoms. The molecule has 0 unspecified atom stereocenters. The smallest absolute Gasteiger partial charge is 0.262 e. The first-order valence-electron chi connectivity index (χ1n) is 11.7. The molecule has 0 N–H and O–H groups in total. The molecule has 0 aliphatic carbocycles. The third-order valence-corrected chi connectivity index (χ3v) is 6.12. The van der Waals surface area contributed by atoms with Gasteiger partial charge in [-0.1, -0.05) is 35.9 Å². The molecule has 1 amide bonds. The topological polar surface area (TPSA) is 32.8 Å². The summed E-state index contributed by atoms with van der Waals surface area (Å²) in [6.07, 6.45) is 3.86. The third kappa shape index (κ3) is 5.02. The molecule has 4 nitrogen and oxygen atoms in total. The van der Waals surface area contributed by atoms with Crippen molar-refractivity contribution in [3.63, 3.8) is 0 Å². The Kier molecular flexibility index (Phi) is 7.39. The summed E-state index contributed by atoms with van der Waals surface area (Å²) in [5, 5.41) is 0.661. The van der Waals surface area contributed by atoms with Crippen LogP contribution in [-0.4, -0.2) is 25.6 Å². The van der Waals surface area contributed by atoms with Crippen LogP contribution in [0.4, 0.5) is 11.4 Å². The second-order valence-corrected chi connectivity index (χ2v) is 8.40. The van der Waals surface area contributed by atoms with Crippen LogP contribution in [-0.2, 0) is 4.79 Å². The van der Waals surface area contributed by atoms with E-state index in [1.165, 1.54) is 0 Å².